The first kappa shape index (κ1) is 19.6. The van der Waals surface area contributed by atoms with Gasteiger partial charge in [0.15, 0.2) is 0 Å². The Morgan fingerprint density at radius 1 is 1.07 bits per heavy atom. The van der Waals surface area contributed by atoms with Gasteiger partial charge in [-0.1, -0.05) is 49.7 Å². The molecule has 27 heavy (non-hydrogen) atoms. The fourth-order valence-electron chi connectivity index (χ4n) is 3.41. The molecule has 1 amide bonds. The number of carbonyl (C=O) groups is 1. The van der Waals surface area contributed by atoms with Crippen LogP contribution in [0.3, 0.4) is 0 Å². The van der Waals surface area contributed by atoms with Crippen LogP contribution in [0.4, 0.5) is 0 Å². The molecule has 0 aliphatic carbocycles. The summed E-state index contributed by atoms with van der Waals surface area (Å²) in [5.74, 6) is -0.254. The minimum atomic E-state index is -3.53. The van der Waals surface area contributed by atoms with Crippen molar-refractivity contribution in [3.8, 4) is 0 Å². The number of benzene rings is 2. The van der Waals surface area contributed by atoms with Gasteiger partial charge in [0.1, 0.15) is 0 Å². The Morgan fingerprint density at radius 3 is 2.44 bits per heavy atom. The van der Waals surface area contributed by atoms with E-state index in [-0.39, 0.29) is 16.8 Å². The third-order valence-electron chi connectivity index (χ3n) is 4.88. The molecule has 1 fully saturated rings. The van der Waals surface area contributed by atoms with Crippen molar-refractivity contribution in [2.75, 3.05) is 13.1 Å². The lowest BCUT2D eigenvalue weighted by Crippen LogP contribution is -2.30. The van der Waals surface area contributed by atoms with Gasteiger partial charge < -0.3 is 5.32 Å². The molecule has 0 unspecified atom stereocenters. The van der Waals surface area contributed by atoms with Gasteiger partial charge in [0.2, 0.25) is 10.0 Å². The number of carbonyl (C=O) groups excluding carboxylic acids is 1. The standard InChI is InChI=1S/C21H26N2O3S/c1-2-9-20(17-10-4-3-5-11-17)22-21(24)18-12-8-13-19(16-18)27(25,26)23-14-6-7-15-23/h3-5,8,10-13,16,20H,2,6-7,9,14-15H2,1H3,(H,22,24)/t20-/m0/s1. The number of hydrogen-bond acceptors (Lipinski definition) is 3. The molecule has 1 heterocycles. The van der Waals surface area contributed by atoms with Crippen LogP contribution in [-0.4, -0.2) is 31.7 Å². The van der Waals surface area contributed by atoms with E-state index in [1.807, 2.05) is 30.3 Å². The summed E-state index contributed by atoms with van der Waals surface area (Å²) in [4.78, 5) is 13.0. The highest BCUT2D eigenvalue weighted by atomic mass is 32.2. The maximum atomic E-state index is 12.8. The van der Waals surface area contributed by atoms with Crippen LogP contribution in [0.5, 0.6) is 0 Å². The third kappa shape index (κ3) is 4.57. The van der Waals surface area contributed by atoms with Crippen molar-refractivity contribution in [1.82, 2.24) is 9.62 Å². The number of amides is 1. The molecule has 2 aromatic carbocycles. The lowest BCUT2D eigenvalue weighted by Gasteiger charge is -2.19. The smallest absolute Gasteiger partial charge is 0.251 e. The Balaban J connectivity index is 1.80. The quantitative estimate of drug-likeness (QED) is 0.788. The molecule has 1 aliphatic rings. The predicted molar refractivity (Wildman–Crippen MR) is 106 cm³/mol. The zero-order valence-corrected chi connectivity index (χ0v) is 16.4. The van der Waals surface area contributed by atoms with Gasteiger partial charge in [-0.05, 0) is 43.0 Å². The first-order chi connectivity index (χ1) is 13.0. The summed E-state index contributed by atoms with van der Waals surface area (Å²) >= 11 is 0. The molecule has 0 radical (unpaired) electrons. The van der Waals surface area contributed by atoms with Crippen molar-refractivity contribution in [1.29, 1.82) is 0 Å². The van der Waals surface area contributed by atoms with Gasteiger partial charge >= 0.3 is 0 Å². The van der Waals surface area contributed by atoms with Gasteiger partial charge in [-0.3, -0.25) is 4.79 Å². The lowest BCUT2D eigenvalue weighted by molar-refractivity contribution is 0.0934. The van der Waals surface area contributed by atoms with Crippen molar-refractivity contribution in [2.45, 2.75) is 43.5 Å². The van der Waals surface area contributed by atoms with E-state index in [1.54, 1.807) is 18.2 Å². The average molecular weight is 387 g/mol. The van der Waals surface area contributed by atoms with Gasteiger partial charge in [-0.2, -0.15) is 4.31 Å². The number of nitrogens with one attached hydrogen (secondary N) is 1. The fraction of sp³-hybridized carbons (Fsp3) is 0.381. The Kier molecular flexibility index (Phi) is 6.29. The molecular formula is C21H26N2O3S. The highest BCUT2D eigenvalue weighted by Crippen LogP contribution is 2.23. The number of nitrogens with zero attached hydrogens (tertiary/aromatic N) is 1. The van der Waals surface area contributed by atoms with Gasteiger partial charge in [-0.15, -0.1) is 0 Å². The van der Waals surface area contributed by atoms with E-state index in [0.29, 0.717) is 18.7 Å². The summed E-state index contributed by atoms with van der Waals surface area (Å²) in [7, 11) is -3.53. The SMILES string of the molecule is CCC[C@H](NC(=O)c1cccc(S(=O)(=O)N2CCCC2)c1)c1ccccc1. The summed E-state index contributed by atoms with van der Waals surface area (Å²) in [6.07, 6.45) is 3.52. The van der Waals surface area contributed by atoms with E-state index in [2.05, 4.69) is 12.2 Å². The zero-order chi connectivity index (χ0) is 19.3. The van der Waals surface area contributed by atoms with Crippen LogP contribution in [-0.2, 0) is 10.0 Å². The molecule has 2 aromatic rings. The molecule has 3 rings (SSSR count). The summed E-state index contributed by atoms with van der Waals surface area (Å²) in [6, 6.07) is 16.1. The Labute approximate surface area is 161 Å². The molecule has 1 saturated heterocycles. The number of rotatable bonds is 7. The molecule has 5 nitrogen and oxygen atoms in total. The van der Waals surface area contributed by atoms with Crippen molar-refractivity contribution < 1.29 is 13.2 Å². The first-order valence-electron chi connectivity index (χ1n) is 9.48. The Bertz CT molecular complexity index is 875. The van der Waals surface area contributed by atoms with E-state index in [1.165, 1.54) is 10.4 Å². The summed E-state index contributed by atoms with van der Waals surface area (Å²) in [5, 5.41) is 3.05. The molecule has 0 saturated carbocycles. The highest BCUT2D eigenvalue weighted by molar-refractivity contribution is 7.89. The van der Waals surface area contributed by atoms with Crippen molar-refractivity contribution in [2.24, 2.45) is 0 Å². The fourth-order valence-corrected chi connectivity index (χ4v) is 4.98. The van der Waals surface area contributed by atoms with Gasteiger partial charge in [-0.25, -0.2) is 8.42 Å². The van der Waals surface area contributed by atoms with Gasteiger partial charge in [0.05, 0.1) is 10.9 Å². The van der Waals surface area contributed by atoms with Crippen molar-refractivity contribution >= 4 is 15.9 Å². The topological polar surface area (TPSA) is 66.5 Å². The van der Waals surface area contributed by atoms with Gasteiger partial charge in [0.25, 0.3) is 5.91 Å². The highest BCUT2D eigenvalue weighted by Gasteiger charge is 2.27. The van der Waals surface area contributed by atoms with E-state index in [0.717, 1.165) is 31.2 Å². The minimum Gasteiger partial charge on any atom is -0.345 e. The van der Waals surface area contributed by atoms with Crippen molar-refractivity contribution in [3.63, 3.8) is 0 Å². The summed E-state index contributed by atoms with van der Waals surface area (Å²) in [6.45, 7) is 3.17. The molecule has 144 valence electrons. The normalized spacial score (nSPS) is 16.2. The predicted octanol–water partition coefficient (Wildman–Crippen LogP) is 3.74. The average Bonchev–Trinajstić information content (AvgIpc) is 3.24. The Morgan fingerprint density at radius 2 is 1.78 bits per heavy atom. The molecule has 1 atom stereocenters. The third-order valence-corrected chi connectivity index (χ3v) is 6.78. The second kappa shape index (κ2) is 8.67. The maximum absolute atomic E-state index is 12.8. The molecule has 1 aliphatic heterocycles. The second-order valence-corrected chi connectivity index (χ2v) is 8.80. The van der Waals surface area contributed by atoms with Crippen LogP contribution in [0, 0.1) is 0 Å². The Hall–Kier alpha value is -2.18. The van der Waals surface area contributed by atoms with E-state index < -0.39 is 10.0 Å². The summed E-state index contributed by atoms with van der Waals surface area (Å²) < 4.78 is 27.0. The van der Waals surface area contributed by atoms with Crippen LogP contribution in [0.2, 0.25) is 0 Å². The van der Waals surface area contributed by atoms with Crippen LogP contribution in [0.15, 0.2) is 59.5 Å². The van der Waals surface area contributed by atoms with Crippen LogP contribution >= 0.6 is 0 Å². The minimum absolute atomic E-state index is 0.0949. The van der Waals surface area contributed by atoms with Gasteiger partial charge in [0, 0.05) is 18.7 Å². The zero-order valence-electron chi connectivity index (χ0n) is 15.6. The second-order valence-electron chi connectivity index (χ2n) is 6.86. The monoisotopic (exact) mass is 386 g/mol. The van der Waals surface area contributed by atoms with Crippen molar-refractivity contribution in [3.05, 3.63) is 65.7 Å². The van der Waals surface area contributed by atoms with Crippen LogP contribution < -0.4 is 5.32 Å². The number of hydrogen-bond donors (Lipinski definition) is 1. The molecule has 0 bridgehead atoms. The largest absolute Gasteiger partial charge is 0.345 e. The molecule has 0 spiro atoms. The van der Waals surface area contributed by atoms with Crippen LogP contribution in [0.25, 0.3) is 0 Å². The first-order valence-corrected chi connectivity index (χ1v) is 10.9. The molecule has 0 aromatic heterocycles. The maximum Gasteiger partial charge on any atom is 0.251 e. The van der Waals surface area contributed by atoms with Crippen LogP contribution in [0.1, 0.15) is 54.6 Å². The lowest BCUT2D eigenvalue weighted by atomic mass is 10.0. The van der Waals surface area contributed by atoms with E-state index in [4.69, 9.17) is 0 Å². The molecule has 1 N–H and O–H groups in total. The summed E-state index contributed by atoms with van der Waals surface area (Å²) in [5.41, 5.74) is 1.42. The molecule has 6 heteroatoms. The van der Waals surface area contributed by atoms with E-state index >= 15 is 0 Å². The molecular weight excluding hydrogens is 360 g/mol. The van der Waals surface area contributed by atoms with E-state index in [9.17, 15) is 13.2 Å². The number of sulfonamides is 1.